The first kappa shape index (κ1) is 18.7. The molecular weight excluding hydrogens is 282 g/mol. The average Bonchev–Trinajstić information content (AvgIpc) is 2.81. The Labute approximate surface area is 134 Å². The number of nitrogens with one attached hydrogen (secondary N) is 2. The molecule has 1 rings (SSSR count). The zero-order valence-corrected chi connectivity index (χ0v) is 14.7. The van der Waals surface area contributed by atoms with Crippen LogP contribution < -0.4 is 10.6 Å². The minimum Gasteiger partial charge on any atom is -0.444 e. The number of rotatable bonds is 5. The van der Waals surface area contributed by atoms with Gasteiger partial charge in [-0.3, -0.25) is 4.79 Å². The largest absolute Gasteiger partial charge is 0.444 e. The van der Waals surface area contributed by atoms with E-state index in [1.807, 2.05) is 41.5 Å². The zero-order chi connectivity index (χ0) is 16.9. The third-order valence-electron chi connectivity index (χ3n) is 3.49. The molecule has 2 atom stereocenters. The fourth-order valence-electron chi connectivity index (χ4n) is 2.42. The third-order valence-corrected chi connectivity index (χ3v) is 3.49. The molecule has 1 heterocycles. The first-order valence-electron chi connectivity index (χ1n) is 8.13. The minimum atomic E-state index is -0.484. The van der Waals surface area contributed by atoms with Gasteiger partial charge in [0.15, 0.2) is 0 Å². The molecule has 22 heavy (non-hydrogen) atoms. The maximum absolute atomic E-state index is 12.2. The number of carbonyl (C=O) groups excluding carboxylic acids is 2. The molecule has 128 valence electrons. The molecule has 0 aromatic heterocycles. The molecule has 1 saturated heterocycles. The van der Waals surface area contributed by atoms with Crippen LogP contribution in [0.5, 0.6) is 0 Å². The summed E-state index contributed by atoms with van der Waals surface area (Å²) in [7, 11) is 0. The number of carbonyl (C=O) groups is 2. The van der Waals surface area contributed by atoms with E-state index in [2.05, 4.69) is 10.6 Å². The van der Waals surface area contributed by atoms with E-state index >= 15 is 0 Å². The Hall–Kier alpha value is -1.30. The summed E-state index contributed by atoms with van der Waals surface area (Å²) in [4.78, 5) is 25.8. The van der Waals surface area contributed by atoms with Crippen molar-refractivity contribution in [2.75, 3.05) is 13.1 Å². The van der Waals surface area contributed by atoms with Crippen molar-refractivity contribution in [1.29, 1.82) is 0 Å². The van der Waals surface area contributed by atoms with E-state index in [-0.39, 0.29) is 30.1 Å². The van der Waals surface area contributed by atoms with Crippen LogP contribution in [0.4, 0.5) is 4.79 Å². The Morgan fingerprint density at radius 3 is 2.45 bits per heavy atom. The van der Waals surface area contributed by atoms with Crippen LogP contribution in [-0.2, 0) is 9.53 Å². The summed E-state index contributed by atoms with van der Waals surface area (Å²) in [5, 5.41) is 6.09. The predicted octanol–water partition coefficient (Wildman–Crippen LogP) is 1.89. The molecule has 0 spiro atoms. The van der Waals surface area contributed by atoms with Gasteiger partial charge in [-0.2, -0.15) is 0 Å². The Bertz CT molecular complexity index is 391. The molecule has 1 aliphatic rings. The maximum Gasteiger partial charge on any atom is 0.410 e. The lowest BCUT2D eigenvalue weighted by molar-refractivity contribution is -0.123. The smallest absolute Gasteiger partial charge is 0.410 e. The van der Waals surface area contributed by atoms with Crippen molar-refractivity contribution in [3.8, 4) is 0 Å². The molecule has 0 bridgehead atoms. The first-order valence-corrected chi connectivity index (χ1v) is 8.13. The zero-order valence-electron chi connectivity index (χ0n) is 14.7. The van der Waals surface area contributed by atoms with Crippen molar-refractivity contribution in [3.63, 3.8) is 0 Å². The number of nitrogens with zero attached hydrogens (tertiary/aromatic N) is 1. The second kappa shape index (κ2) is 7.81. The van der Waals surface area contributed by atoms with Crippen molar-refractivity contribution in [3.05, 3.63) is 0 Å². The van der Waals surface area contributed by atoms with E-state index in [0.29, 0.717) is 13.1 Å². The van der Waals surface area contributed by atoms with Crippen LogP contribution >= 0.6 is 0 Å². The van der Waals surface area contributed by atoms with E-state index in [0.717, 1.165) is 12.8 Å². The van der Waals surface area contributed by atoms with E-state index in [1.54, 1.807) is 4.90 Å². The van der Waals surface area contributed by atoms with Gasteiger partial charge in [-0.25, -0.2) is 4.79 Å². The predicted molar refractivity (Wildman–Crippen MR) is 86.7 cm³/mol. The van der Waals surface area contributed by atoms with Crippen LogP contribution in [0, 0.1) is 0 Å². The number of likely N-dealkylation sites (tertiary alicyclic amines) is 1. The lowest BCUT2D eigenvalue weighted by Gasteiger charge is -2.29. The maximum atomic E-state index is 12.2. The van der Waals surface area contributed by atoms with Gasteiger partial charge in [-0.1, -0.05) is 0 Å². The number of hydrogen-bond donors (Lipinski definition) is 2. The lowest BCUT2D eigenvalue weighted by Crippen LogP contribution is -2.50. The number of amides is 2. The van der Waals surface area contributed by atoms with Crippen LogP contribution in [0.2, 0.25) is 0 Å². The molecule has 0 aliphatic carbocycles. The quantitative estimate of drug-likeness (QED) is 0.813. The van der Waals surface area contributed by atoms with E-state index < -0.39 is 5.60 Å². The Morgan fingerprint density at radius 1 is 1.27 bits per heavy atom. The van der Waals surface area contributed by atoms with Gasteiger partial charge in [0.1, 0.15) is 5.60 Å². The van der Waals surface area contributed by atoms with Gasteiger partial charge in [0, 0.05) is 25.2 Å². The van der Waals surface area contributed by atoms with Crippen molar-refractivity contribution in [2.45, 2.75) is 78.1 Å². The molecule has 6 nitrogen and oxygen atoms in total. The van der Waals surface area contributed by atoms with Crippen molar-refractivity contribution >= 4 is 12.0 Å². The van der Waals surface area contributed by atoms with Crippen molar-refractivity contribution < 1.29 is 14.3 Å². The minimum absolute atomic E-state index is 0.0168. The Morgan fingerprint density at radius 2 is 1.91 bits per heavy atom. The van der Waals surface area contributed by atoms with Crippen molar-refractivity contribution in [2.24, 2.45) is 0 Å². The van der Waals surface area contributed by atoms with E-state index in [9.17, 15) is 9.59 Å². The highest BCUT2D eigenvalue weighted by Gasteiger charge is 2.32. The molecule has 0 saturated carbocycles. The summed E-state index contributed by atoms with van der Waals surface area (Å²) in [5.41, 5.74) is -0.484. The standard InChI is InChI=1S/C16H31N3O3/c1-11(2)18-14(20)12(3)17-10-13-8-7-9-19(13)15(21)22-16(4,5)6/h11-13,17H,7-10H2,1-6H3,(H,18,20). The molecule has 1 aliphatic heterocycles. The van der Waals surface area contributed by atoms with Crippen LogP contribution in [0.1, 0.15) is 54.4 Å². The molecule has 2 unspecified atom stereocenters. The summed E-state index contributed by atoms with van der Waals surface area (Å²) in [6.07, 6.45) is 1.64. The molecule has 0 radical (unpaired) electrons. The Balaban J connectivity index is 2.47. The summed E-state index contributed by atoms with van der Waals surface area (Å²) >= 11 is 0. The topological polar surface area (TPSA) is 70.7 Å². The van der Waals surface area contributed by atoms with Gasteiger partial charge < -0.3 is 20.3 Å². The monoisotopic (exact) mass is 313 g/mol. The highest BCUT2D eigenvalue weighted by atomic mass is 16.6. The molecular formula is C16H31N3O3. The van der Waals surface area contributed by atoms with Crippen LogP contribution in [0.25, 0.3) is 0 Å². The summed E-state index contributed by atoms with van der Waals surface area (Å²) in [6, 6.07) is -0.0610. The fourth-order valence-corrected chi connectivity index (χ4v) is 2.42. The molecule has 0 aromatic carbocycles. The van der Waals surface area contributed by atoms with Gasteiger partial charge in [-0.15, -0.1) is 0 Å². The van der Waals surface area contributed by atoms with Crippen LogP contribution in [0.15, 0.2) is 0 Å². The summed E-state index contributed by atoms with van der Waals surface area (Å²) in [6.45, 7) is 12.6. The molecule has 2 N–H and O–H groups in total. The van der Waals surface area contributed by atoms with Crippen LogP contribution in [0.3, 0.4) is 0 Å². The van der Waals surface area contributed by atoms with Gasteiger partial charge in [0.05, 0.1) is 6.04 Å². The Kier molecular flexibility index (Phi) is 6.66. The number of hydrogen-bond acceptors (Lipinski definition) is 4. The lowest BCUT2D eigenvalue weighted by atomic mass is 10.2. The van der Waals surface area contributed by atoms with Gasteiger partial charge >= 0.3 is 6.09 Å². The highest BCUT2D eigenvalue weighted by Crippen LogP contribution is 2.20. The fraction of sp³-hybridized carbons (Fsp3) is 0.875. The van der Waals surface area contributed by atoms with Gasteiger partial charge in [0.25, 0.3) is 0 Å². The molecule has 2 amide bonds. The summed E-state index contributed by atoms with van der Waals surface area (Å²) < 4.78 is 5.44. The first-order chi connectivity index (χ1) is 10.1. The van der Waals surface area contributed by atoms with Gasteiger partial charge in [0.2, 0.25) is 5.91 Å². The third kappa shape index (κ3) is 6.22. The number of ether oxygens (including phenoxy) is 1. The molecule has 6 heteroatoms. The molecule has 1 fully saturated rings. The van der Waals surface area contributed by atoms with E-state index in [1.165, 1.54) is 0 Å². The molecule has 0 aromatic rings. The van der Waals surface area contributed by atoms with E-state index in [4.69, 9.17) is 4.74 Å². The van der Waals surface area contributed by atoms with Crippen LogP contribution in [-0.4, -0.2) is 53.7 Å². The highest BCUT2D eigenvalue weighted by molar-refractivity contribution is 5.81. The van der Waals surface area contributed by atoms with Crippen molar-refractivity contribution in [1.82, 2.24) is 15.5 Å². The normalized spacial score (nSPS) is 20.1. The average molecular weight is 313 g/mol. The second-order valence-corrected chi connectivity index (χ2v) is 7.26. The van der Waals surface area contributed by atoms with Gasteiger partial charge in [-0.05, 0) is 54.4 Å². The summed E-state index contributed by atoms with van der Waals surface area (Å²) in [5.74, 6) is -0.0168. The second-order valence-electron chi connectivity index (χ2n) is 7.26. The SMILES string of the molecule is CC(C)NC(=O)C(C)NCC1CCCN1C(=O)OC(C)(C)C.